The molecule has 3 aliphatic heterocycles. The molecule has 3 aliphatic rings. The molecule has 2 aromatic rings. The van der Waals surface area contributed by atoms with Crippen molar-refractivity contribution in [1.82, 2.24) is 10.5 Å². The summed E-state index contributed by atoms with van der Waals surface area (Å²) in [6.45, 7) is 6.55. The van der Waals surface area contributed by atoms with Crippen molar-refractivity contribution in [3.05, 3.63) is 53.0 Å². The summed E-state index contributed by atoms with van der Waals surface area (Å²) in [5, 5.41) is 6.56. The van der Waals surface area contributed by atoms with Gasteiger partial charge in [-0.05, 0) is 56.2 Å². The minimum absolute atomic E-state index is 0.476. The van der Waals surface area contributed by atoms with Crippen molar-refractivity contribution in [3.8, 4) is 5.75 Å². The number of aryl methyl sites for hydroxylation is 2. The number of hydroxylamine groups is 1. The van der Waals surface area contributed by atoms with Gasteiger partial charge in [-0.3, -0.25) is 4.90 Å². The lowest BCUT2D eigenvalue weighted by Crippen LogP contribution is -2.51. The largest absolute Gasteiger partial charge is 0.471 e. The highest BCUT2D eigenvalue weighted by Gasteiger charge is 2.50. The van der Waals surface area contributed by atoms with E-state index < -0.39 is 5.97 Å². The SMILES string of the molecule is CC1=C2NOC(Nc3cc(C)c(C)cn3)(N=C1)N2c1ccc2c(c1)NCO2. The Morgan fingerprint density at radius 1 is 1.19 bits per heavy atom. The number of rotatable bonds is 3. The third kappa shape index (κ3) is 2.41. The number of nitrogens with zero attached hydrogens (tertiary/aromatic N) is 3. The van der Waals surface area contributed by atoms with Crippen molar-refractivity contribution >= 4 is 23.4 Å². The third-order valence-corrected chi connectivity index (χ3v) is 5.00. The predicted molar refractivity (Wildman–Crippen MR) is 104 cm³/mol. The molecule has 0 aliphatic carbocycles. The first-order chi connectivity index (χ1) is 13.1. The zero-order valence-corrected chi connectivity index (χ0v) is 15.3. The van der Waals surface area contributed by atoms with Gasteiger partial charge in [0.1, 0.15) is 17.4 Å². The summed E-state index contributed by atoms with van der Waals surface area (Å²) in [7, 11) is 0. The van der Waals surface area contributed by atoms with E-state index in [1.165, 1.54) is 0 Å². The van der Waals surface area contributed by atoms with E-state index >= 15 is 0 Å². The van der Waals surface area contributed by atoms with Gasteiger partial charge in [-0.15, -0.1) is 0 Å². The number of aliphatic imine (C=N–C) groups is 1. The van der Waals surface area contributed by atoms with Crippen LogP contribution < -0.4 is 25.8 Å². The van der Waals surface area contributed by atoms with Crippen molar-refractivity contribution < 1.29 is 9.57 Å². The zero-order valence-electron chi connectivity index (χ0n) is 15.3. The Morgan fingerprint density at radius 2 is 2.07 bits per heavy atom. The Balaban J connectivity index is 1.57. The van der Waals surface area contributed by atoms with Gasteiger partial charge in [0.15, 0.2) is 6.73 Å². The highest BCUT2D eigenvalue weighted by atomic mass is 16.7. The molecule has 1 atom stereocenters. The molecule has 8 nitrogen and oxygen atoms in total. The van der Waals surface area contributed by atoms with Crippen LogP contribution in [0.1, 0.15) is 18.1 Å². The van der Waals surface area contributed by atoms with Crippen LogP contribution in [-0.2, 0) is 4.84 Å². The summed E-state index contributed by atoms with van der Waals surface area (Å²) in [5.41, 5.74) is 8.12. The highest BCUT2D eigenvalue weighted by molar-refractivity contribution is 5.84. The van der Waals surface area contributed by atoms with Crippen LogP contribution >= 0.6 is 0 Å². The number of nitrogens with one attached hydrogen (secondary N) is 3. The van der Waals surface area contributed by atoms with Crippen molar-refractivity contribution in [3.63, 3.8) is 0 Å². The molecular formula is C19H20N6O2. The van der Waals surface area contributed by atoms with Crippen LogP contribution in [0.5, 0.6) is 5.75 Å². The number of fused-ring (bicyclic) bond motifs is 3. The number of pyridine rings is 1. The maximum atomic E-state index is 5.91. The molecule has 8 heteroatoms. The molecule has 1 unspecified atom stereocenters. The Kier molecular flexibility index (Phi) is 3.32. The van der Waals surface area contributed by atoms with E-state index in [1.807, 2.05) is 49.2 Å². The number of anilines is 3. The molecule has 0 spiro atoms. The van der Waals surface area contributed by atoms with E-state index in [0.29, 0.717) is 12.5 Å². The minimum Gasteiger partial charge on any atom is -0.471 e. The van der Waals surface area contributed by atoms with Crippen LogP contribution in [0.25, 0.3) is 0 Å². The monoisotopic (exact) mass is 364 g/mol. The normalized spacial score (nSPS) is 22.3. The molecular weight excluding hydrogens is 344 g/mol. The van der Waals surface area contributed by atoms with Gasteiger partial charge >= 0.3 is 5.97 Å². The summed E-state index contributed by atoms with van der Waals surface area (Å²) in [5.74, 6) is 1.20. The number of hydrogen-bond donors (Lipinski definition) is 3. The van der Waals surface area contributed by atoms with E-state index in [2.05, 4.69) is 33.0 Å². The second-order valence-corrected chi connectivity index (χ2v) is 6.86. The Bertz CT molecular complexity index is 1000. The Labute approximate surface area is 156 Å². The third-order valence-electron chi connectivity index (χ3n) is 5.00. The first-order valence-corrected chi connectivity index (χ1v) is 8.78. The fourth-order valence-electron chi connectivity index (χ4n) is 3.34. The minimum atomic E-state index is -1.16. The molecule has 4 heterocycles. The number of aromatic nitrogens is 1. The molecule has 27 heavy (non-hydrogen) atoms. The molecule has 1 aromatic carbocycles. The topological polar surface area (TPSA) is 83.0 Å². The number of hydrogen-bond acceptors (Lipinski definition) is 8. The van der Waals surface area contributed by atoms with Crippen molar-refractivity contribution in [2.45, 2.75) is 26.7 Å². The highest BCUT2D eigenvalue weighted by Crippen LogP contribution is 2.41. The summed E-state index contributed by atoms with van der Waals surface area (Å²) in [4.78, 5) is 17.0. The van der Waals surface area contributed by atoms with Crippen LogP contribution in [0, 0.1) is 13.8 Å². The van der Waals surface area contributed by atoms with Crippen molar-refractivity contribution in [1.29, 1.82) is 0 Å². The second-order valence-electron chi connectivity index (χ2n) is 6.86. The molecule has 0 saturated carbocycles. The van der Waals surface area contributed by atoms with E-state index in [9.17, 15) is 0 Å². The van der Waals surface area contributed by atoms with E-state index in [4.69, 9.17) is 9.57 Å². The quantitative estimate of drug-likeness (QED) is 0.772. The summed E-state index contributed by atoms with van der Waals surface area (Å²) in [6, 6.07) is 7.94. The van der Waals surface area contributed by atoms with Gasteiger partial charge in [0, 0.05) is 18.0 Å². The second kappa shape index (κ2) is 5.62. The first kappa shape index (κ1) is 16.0. The number of allylic oxidation sites excluding steroid dienone is 1. The molecule has 0 amide bonds. The van der Waals surface area contributed by atoms with Gasteiger partial charge in [-0.2, -0.15) is 0 Å². The molecule has 5 rings (SSSR count). The molecule has 1 saturated heterocycles. The Morgan fingerprint density at radius 3 is 2.93 bits per heavy atom. The first-order valence-electron chi connectivity index (χ1n) is 8.78. The lowest BCUT2D eigenvalue weighted by molar-refractivity contribution is -0.0216. The molecule has 1 aromatic heterocycles. The maximum Gasteiger partial charge on any atom is 0.353 e. The van der Waals surface area contributed by atoms with Crippen LogP contribution in [0.3, 0.4) is 0 Å². The van der Waals surface area contributed by atoms with Crippen molar-refractivity contribution in [2.75, 3.05) is 22.3 Å². The van der Waals surface area contributed by atoms with Crippen LogP contribution in [-0.4, -0.2) is 23.9 Å². The van der Waals surface area contributed by atoms with Gasteiger partial charge in [0.2, 0.25) is 0 Å². The molecule has 2 bridgehead atoms. The van der Waals surface area contributed by atoms with Gasteiger partial charge in [0.05, 0.1) is 11.4 Å². The molecule has 0 radical (unpaired) electrons. The van der Waals surface area contributed by atoms with E-state index in [-0.39, 0.29) is 0 Å². The fraction of sp³-hybridized carbons (Fsp3) is 0.263. The smallest absolute Gasteiger partial charge is 0.353 e. The molecule has 138 valence electrons. The van der Waals surface area contributed by atoms with Crippen LogP contribution in [0.4, 0.5) is 17.2 Å². The van der Waals surface area contributed by atoms with Crippen molar-refractivity contribution in [2.24, 2.45) is 4.99 Å². The lowest BCUT2D eigenvalue weighted by atomic mass is 10.2. The van der Waals surface area contributed by atoms with E-state index in [0.717, 1.165) is 39.6 Å². The average Bonchev–Trinajstić information content (AvgIpc) is 3.23. The molecule has 3 N–H and O–H groups in total. The number of benzene rings is 1. The van der Waals surface area contributed by atoms with Gasteiger partial charge in [0.25, 0.3) is 0 Å². The van der Waals surface area contributed by atoms with Crippen LogP contribution in [0.2, 0.25) is 0 Å². The molecule has 1 fully saturated rings. The Hall–Kier alpha value is -3.26. The van der Waals surface area contributed by atoms with Gasteiger partial charge < -0.3 is 15.4 Å². The maximum absolute atomic E-state index is 5.91. The predicted octanol–water partition coefficient (Wildman–Crippen LogP) is 2.84. The fourth-order valence-corrected chi connectivity index (χ4v) is 3.34. The lowest BCUT2D eigenvalue weighted by Gasteiger charge is -2.35. The summed E-state index contributed by atoms with van der Waals surface area (Å²) >= 11 is 0. The summed E-state index contributed by atoms with van der Waals surface area (Å²) in [6.07, 6.45) is 3.64. The van der Waals surface area contributed by atoms with Gasteiger partial charge in [-0.1, -0.05) is 0 Å². The van der Waals surface area contributed by atoms with Crippen LogP contribution in [0.15, 0.2) is 46.8 Å². The summed E-state index contributed by atoms with van der Waals surface area (Å²) < 4.78 is 5.53. The average molecular weight is 364 g/mol. The van der Waals surface area contributed by atoms with Gasteiger partial charge in [-0.25, -0.2) is 20.3 Å². The zero-order chi connectivity index (χ0) is 18.6. The van der Waals surface area contributed by atoms with E-state index in [1.54, 1.807) is 6.21 Å². The standard InChI is InChI=1S/C19H20N6O2/c1-11-6-17(20-8-12(11)2)23-19-22-9-13(3)18(24-27-19)25(19)14-4-5-16-15(7-14)21-10-26-16/h4-9,21,24H,10H2,1-3H3,(H,20,23). The number of ether oxygens (including phenoxy) is 1.